The number of ether oxygens (including phenoxy) is 2. The van der Waals surface area contributed by atoms with Crippen LogP contribution in [-0.4, -0.2) is 59.9 Å². The predicted molar refractivity (Wildman–Crippen MR) is 268 cm³/mol. The fraction of sp³-hybridized carbons (Fsp3) is 0.411. The lowest BCUT2D eigenvalue weighted by molar-refractivity contribution is -0.129. The van der Waals surface area contributed by atoms with E-state index in [1.165, 1.54) is 20.7 Å². The van der Waals surface area contributed by atoms with Crippen LogP contribution in [0.25, 0.3) is 0 Å². The van der Waals surface area contributed by atoms with Crippen molar-refractivity contribution in [3.63, 3.8) is 0 Å². The van der Waals surface area contributed by atoms with Crippen molar-refractivity contribution in [3.05, 3.63) is 157 Å². The van der Waals surface area contributed by atoms with Gasteiger partial charge in [-0.3, -0.25) is 4.79 Å². The van der Waals surface area contributed by atoms with Gasteiger partial charge >= 0.3 is 0 Å². The van der Waals surface area contributed by atoms with E-state index in [0.29, 0.717) is 13.0 Å². The van der Waals surface area contributed by atoms with Crippen LogP contribution in [-0.2, 0) is 20.2 Å². The highest BCUT2D eigenvalue weighted by Gasteiger charge is 2.58. The fourth-order valence-corrected chi connectivity index (χ4v) is 20.3. The van der Waals surface area contributed by atoms with Crippen LogP contribution in [0, 0.1) is 11.8 Å². The summed E-state index contributed by atoms with van der Waals surface area (Å²) in [7, 11) is -2.51. The molecule has 0 aromatic heterocycles. The second-order valence-electron chi connectivity index (χ2n) is 20.0. The van der Waals surface area contributed by atoms with Gasteiger partial charge in [-0.1, -0.05) is 201 Å². The van der Waals surface area contributed by atoms with E-state index in [1.807, 2.05) is 18.2 Å². The number of unbranched alkanes of at least 4 members (excludes halogenated alkanes) is 2. The Morgan fingerprint density at radius 1 is 0.688 bits per heavy atom. The maximum absolute atomic E-state index is 14.4. The lowest BCUT2D eigenvalue weighted by Crippen LogP contribution is -2.68. The maximum Gasteiger partial charge on any atom is 0.261 e. The lowest BCUT2D eigenvalue weighted by atomic mass is 9.91. The molecule has 1 aliphatic heterocycles. The largest absolute Gasteiger partial charge is 0.497 e. The zero-order chi connectivity index (χ0) is 45.5. The molecular formula is C56H71NO5Si2. The van der Waals surface area contributed by atoms with Gasteiger partial charge in [0.25, 0.3) is 16.6 Å². The topological polar surface area (TPSA) is 57.2 Å². The summed E-state index contributed by atoms with van der Waals surface area (Å²) in [6.45, 7) is 16.9. The van der Waals surface area contributed by atoms with Crippen molar-refractivity contribution in [1.29, 1.82) is 0 Å². The number of nitrogens with zero attached hydrogens (tertiary/aromatic N) is 1. The van der Waals surface area contributed by atoms with Gasteiger partial charge in [0, 0.05) is 36.6 Å². The zero-order valence-electron chi connectivity index (χ0n) is 39.8. The second kappa shape index (κ2) is 20.2. The lowest BCUT2D eigenvalue weighted by Gasteiger charge is -2.46. The zero-order valence-corrected chi connectivity index (χ0v) is 41.8. The van der Waals surface area contributed by atoms with Gasteiger partial charge in [0.1, 0.15) is 11.5 Å². The van der Waals surface area contributed by atoms with Crippen molar-refractivity contribution < 1.29 is 23.1 Å². The second-order valence-corrected chi connectivity index (χ2v) is 28.5. The van der Waals surface area contributed by atoms with E-state index in [-0.39, 0.29) is 46.1 Å². The number of carbonyl (C=O) groups is 1. The van der Waals surface area contributed by atoms with E-state index in [4.69, 9.17) is 18.3 Å². The van der Waals surface area contributed by atoms with Crippen molar-refractivity contribution >= 4 is 43.3 Å². The van der Waals surface area contributed by atoms with E-state index in [1.54, 1.807) is 14.2 Å². The van der Waals surface area contributed by atoms with Gasteiger partial charge in [-0.05, 0) is 61.7 Å². The fourth-order valence-electron chi connectivity index (χ4n) is 10.9. The molecule has 0 spiro atoms. The van der Waals surface area contributed by atoms with Crippen LogP contribution in [0.5, 0.6) is 11.5 Å². The van der Waals surface area contributed by atoms with Crippen molar-refractivity contribution in [2.24, 2.45) is 11.8 Å². The molecule has 1 heterocycles. The van der Waals surface area contributed by atoms with Crippen molar-refractivity contribution in [3.8, 4) is 11.5 Å². The van der Waals surface area contributed by atoms with Crippen LogP contribution >= 0.6 is 0 Å². The number of methoxy groups -OCH3 is 2. The van der Waals surface area contributed by atoms with Crippen LogP contribution in [0.2, 0.25) is 10.1 Å². The van der Waals surface area contributed by atoms with Crippen LogP contribution in [0.1, 0.15) is 92.6 Å². The van der Waals surface area contributed by atoms with Crippen LogP contribution in [0.3, 0.4) is 0 Å². The first-order valence-electron chi connectivity index (χ1n) is 23.5. The standard InChI is InChI=1S/C56H71NO5Si2/c1-10-11-16-25-43(61-63(55(2,3)4,45-26-17-12-18-27-45)46-28-19-13-20-29-46)36-37-49-50-39-54(58)57(41-42-34-35-44(59-8)38-52(42)60-9)51(50)40-53(49)62-64(56(5,6)7,47-30-21-14-22-31-47)48-32-23-15-24-33-48/h12-15,17-24,26-38,43,49-51,53H,10-11,16,25,39-41H2,1-9H3/t43-,49?,50?,51?,53?/m0/s1. The first-order valence-corrected chi connectivity index (χ1v) is 27.4. The Kier molecular flexibility index (Phi) is 14.9. The number of hydrogen-bond donors (Lipinski definition) is 0. The molecule has 1 saturated heterocycles. The molecule has 5 aromatic rings. The van der Waals surface area contributed by atoms with E-state index < -0.39 is 16.6 Å². The highest BCUT2D eigenvalue weighted by molar-refractivity contribution is 7.00. The molecule has 1 saturated carbocycles. The number of carbonyl (C=O) groups excluding carboxylic acids is 1. The molecule has 0 radical (unpaired) electrons. The normalized spacial score (nSPS) is 19.8. The van der Waals surface area contributed by atoms with Crippen LogP contribution in [0.4, 0.5) is 0 Å². The summed E-state index contributed by atoms with van der Waals surface area (Å²) in [6, 6.07) is 49.8. The molecule has 5 aromatic carbocycles. The van der Waals surface area contributed by atoms with Crippen LogP contribution < -0.4 is 30.2 Å². The van der Waals surface area contributed by atoms with E-state index in [2.05, 4.69) is 187 Å². The minimum atomic E-state index is -2.97. The van der Waals surface area contributed by atoms with Gasteiger partial charge in [-0.15, -0.1) is 0 Å². The molecule has 8 heteroatoms. The Bertz CT molecular complexity index is 2210. The first-order chi connectivity index (χ1) is 30.8. The summed E-state index contributed by atoms with van der Waals surface area (Å²) < 4.78 is 27.4. The average Bonchev–Trinajstić information content (AvgIpc) is 3.79. The Morgan fingerprint density at radius 3 is 1.67 bits per heavy atom. The van der Waals surface area contributed by atoms with Gasteiger partial charge in [-0.25, -0.2) is 0 Å². The Morgan fingerprint density at radius 2 is 1.20 bits per heavy atom. The quantitative estimate of drug-likeness (QED) is 0.0498. The minimum absolute atomic E-state index is 0.00619. The number of benzene rings is 5. The van der Waals surface area contributed by atoms with Crippen LogP contribution in [0.15, 0.2) is 152 Å². The number of rotatable bonds is 18. The third-order valence-electron chi connectivity index (χ3n) is 14.0. The molecule has 2 fully saturated rings. The summed E-state index contributed by atoms with van der Waals surface area (Å²) in [6.07, 6.45) is 10.0. The molecule has 1 amide bonds. The molecule has 0 N–H and O–H groups in total. The molecule has 2 aliphatic rings. The van der Waals surface area contributed by atoms with Crippen molar-refractivity contribution in [1.82, 2.24) is 4.90 Å². The molecular weight excluding hydrogens is 823 g/mol. The van der Waals surface area contributed by atoms with Gasteiger partial charge in [-0.2, -0.15) is 0 Å². The minimum Gasteiger partial charge on any atom is -0.497 e. The number of amides is 1. The summed E-state index contributed by atoms with van der Waals surface area (Å²) in [5, 5.41) is 4.71. The van der Waals surface area contributed by atoms with E-state index in [9.17, 15) is 4.79 Å². The molecule has 0 bridgehead atoms. The van der Waals surface area contributed by atoms with E-state index >= 15 is 0 Å². The van der Waals surface area contributed by atoms with Gasteiger partial charge in [0.05, 0.1) is 26.4 Å². The molecule has 5 atom stereocenters. The third-order valence-corrected chi connectivity index (χ3v) is 24.1. The first kappa shape index (κ1) is 47.2. The Balaban J connectivity index is 1.35. The summed E-state index contributed by atoms with van der Waals surface area (Å²) in [5.41, 5.74) is 0.968. The summed E-state index contributed by atoms with van der Waals surface area (Å²) >= 11 is 0. The van der Waals surface area contributed by atoms with Crippen molar-refractivity contribution in [2.45, 2.75) is 122 Å². The van der Waals surface area contributed by atoms with Gasteiger partial charge in [0.2, 0.25) is 5.91 Å². The highest BCUT2D eigenvalue weighted by atomic mass is 28.4. The smallest absolute Gasteiger partial charge is 0.261 e. The van der Waals surface area contributed by atoms with Gasteiger partial charge in [0.15, 0.2) is 0 Å². The molecule has 4 unspecified atom stereocenters. The average molecular weight is 894 g/mol. The monoisotopic (exact) mass is 893 g/mol. The molecule has 1 aliphatic carbocycles. The van der Waals surface area contributed by atoms with E-state index in [0.717, 1.165) is 49.2 Å². The Hall–Kier alpha value is -4.74. The highest BCUT2D eigenvalue weighted by Crippen LogP contribution is 2.49. The molecule has 64 heavy (non-hydrogen) atoms. The van der Waals surface area contributed by atoms with Gasteiger partial charge < -0.3 is 23.2 Å². The Labute approximate surface area is 386 Å². The molecule has 6 nitrogen and oxygen atoms in total. The summed E-state index contributed by atoms with van der Waals surface area (Å²) in [5.74, 6) is 1.68. The number of likely N-dealkylation sites (tertiary alicyclic amines) is 1. The third kappa shape index (κ3) is 9.48. The molecule has 7 rings (SSSR count). The maximum atomic E-state index is 14.4. The van der Waals surface area contributed by atoms with Crippen molar-refractivity contribution in [2.75, 3.05) is 14.2 Å². The predicted octanol–water partition coefficient (Wildman–Crippen LogP) is 10.5. The summed E-state index contributed by atoms with van der Waals surface area (Å²) in [4.78, 5) is 16.5. The number of hydrogen-bond acceptors (Lipinski definition) is 5. The SMILES string of the molecule is CCCCC[C@@H](C=CC1C(O[Si](c2ccccc2)(c2ccccc2)C(C)(C)C)CC2C1CC(=O)N2Cc1ccc(OC)cc1OC)O[Si](c1ccccc1)(c1ccccc1)C(C)(C)C. The molecule has 338 valence electrons. The number of fused-ring (bicyclic) bond motifs is 1.